The average molecular weight is 265 g/mol. The van der Waals surface area contributed by atoms with Crippen LogP contribution in [0.2, 0.25) is 0 Å². The molecule has 16 heavy (non-hydrogen) atoms. The molecular formula is C7H11N3O4S2. The summed E-state index contributed by atoms with van der Waals surface area (Å²) in [6.45, 7) is 0. The summed E-state index contributed by atoms with van der Waals surface area (Å²) < 4.78 is 24.2. The van der Waals surface area contributed by atoms with Crippen molar-refractivity contribution in [3.05, 3.63) is 16.2 Å². The molecule has 0 saturated carbocycles. The van der Waals surface area contributed by atoms with Crippen LogP contribution in [0.1, 0.15) is 0 Å². The van der Waals surface area contributed by atoms with E-state index in [0.29, 0.717) is 5.00 Å². The van der Waals surface area contributed by atoms with Gasteiger partial charge in [0.25, 0.3) is 0 Å². The van der Waals surface area contributed by atoms with Crippen molar-refractivity contribution in [1.82, 2.24) is 0 Å². The molecule has 0 aliphatic heterocycles. The number of hydrogen-bond acceptors (Lipinski definition) is 6. The van der Waals surface area contributed by atoms with Gasteiger partial charge in [-0.15, -0.1) is 0 Å². The second-order valence-electron chi connectivity index (χ2n) is 3.33. The van der Waals surface area contributed by atoms with Crippen LogP contribution in [-0.4, -0.2) is 33.7 Å². The maximum Gasteiger partial charge on any atom is 0.305 e. The third kappa shape index (κ3) is 3.07. The van der Waals surface area contributed by atoms with Gasteiger partial charge >= 0.3 is 5.69 Å². The van der Waals surface area contributed by atoms with Gasteiger partial charge in [-0.3, -0.25) is 14.8 Å². The highest BCUT2D eigenvalue weighted by atomic mass is 32.2. The molecule has 0 aliphatic rings. The van der Waals surface area contributed by atoms with Crippen LogP contribution in [0.15, 0.2) is 6.07 Å². The molecule has 0 spiro atoms. The first kappa shape index (κ1) is 12.7. The third-order valence-electron chi connectivity index (χ3n) is 1.58. The summed E-state index contributed by atoms with van der Waals surface area (Å²) in [5.41, 5.74) is -0.110. The number of sulfonamides is 1. The molecule has 0 fully saturated rings. The maximum absolute atomic E-state index is 11.0. The van der Waals surface area contributed by atoms with E-state index < -0.39 is 14.9 Å². The molecule has 0 atom stereocenters. The fraction of sp³-hybridized carbons (Fsp3) is 0.429. The van der Waals surface area contributed by atoms with Gasteiger partial charge in [0.05, 0.1) is 17.2 Å². The van der Waals surface area contributed by atoms with Crippen LogP contribution in [0, 0.1) is 10.1 Å². The summed E-state index contributed by atoms with van der Waals surface area (Å²) in [4.78, 5) is 11.7. The van der Waals surface area contributed by atoms with E-state index in [1.54, 1.807) is 19.0 Å². The fourth-order valence-corrected chi connectivity index (χ4v) is 2.90. The Labute approximate surface area is 96.9 Å². The zero-order chi connectivity index (χ0) is 12.5. The molecule has 0 saturated heterocycles. The molecule has 0 radical (unpaired) electrons. The summed E-state index contributed by atoms with van der Waals surface area (Å²) in [7, 11) is -0.101. The quantitative estimate of drug-likeness (QED) is 0.650. The molecule has 1 N–H and O–H groups in total. The van der Waals surface area contributed by atoms with Gasteiger partial charge in [0.2, 0.25) is 10.0 Å². The third-order valence-corrected chi connectivity index (χ3v) is 3.51. The van der Waals surface area contributed by atoms with Gasteiger partial charge in [-0.1, -0.05) is 11.3 Å². The van der Waals surface area contributed by atoms with Gasteiger partial charge in [-0.05, 0) is 0 Å². The zero-order valence-electron chi connectivity index (χ0n) is 8.92. The SMILES string of the molecule is CN(C)c1sc(NS(C)(=O)=O)cc1[N+](=O)[O-]. The van der Waals surface area contributed by atoms with E-state index in [2.05, 4.69) is 4.72 Å². The number of anilines is 2. The minimum Gasteiger partial charge on any atom is -0.364 e. The van der Waals surface area contributed by atoms with E-state index in [-0.39, 0.29) is 10.7 Å². The fourth-order valence-electron chi connectivity index (χ4n) is 1.06. The first-order valence-corrected chi connectivity index (χ1v) is 6.85. The standard InChI is InChI=1S/C7H11N3O4S2/c1-9(2)7-5(10(11)12)4-6(15-7)8-16(3,13)14/h4,8H,1-3H3. The van der Waals surface area contributed by atoms with Crippen molar-refractivity contribution in [2.24, 2.45) is 0 Å². The lowest BCUT2D eigenvalue weighted by molar-refractivity contribution is -0.383. The first-order valence-electron chi connectivity index (χ1n) is 4.14. The molecule has 1 aromatic rings. The summed E-state index contributed by atoms with van der Waals surface area (Å²) in [5.74, 6) is 0. The lowest BCUT2D eigenvalue weighted by Crippen LogP contribution is -2.08. The van der Waals surface area contributed by atoms with Gasteiger partial charge in [-0.2, -0.15) is 0 Å². The molecule has 0 amide bonds. The van der Waals surface area contributed by atoms with Crippen molar-refractivity contribution < 1.29 is 13.3 Å². The Hall–Kier alpha value is -1.35. The number of nitrogens with zero attached hydrogens (tertiary/aromatic N) is 2. The van der Waals surface area contributed by atoms with Crippen molar-refractivity contribution in [2.45, 2.75) is 0 Å². The second kappa shape index (κ2) is 4.26. The van der Waals surface area contributed by atoms with Crippen molar-refractivity contribution in [3.63, 3.8) is 0 Å². The van der Waals surface area contributed by atoms with Gasteiger partial charge in [0, 0.05) is 14.1 Å². The topological polar surface area (TPSA) is 92.6 Å². The summed E-state index contributed by atoms with van der Waals surface area (Å²) in [6.07, 6.45) is 0.994. The van der Waals surface area contributed by atoms with Crippen LogP contribution in [-0.2, 0) is 10.0 Å². The Morgan fingerprint density at radius 3 is 2.38 bits per heavy atom. The number of hydrogen-bond donors (Lipinski definition) is 1. The van der Waals surface area contributed by atoms with E-state index in [0.717, 1.165) is 17.6 Å². The van der Waals surface area contributed by atoms with E-state index in [4.69, 9.17) is 0 Å². The molecule has 0 aliphatic carbocycles. The zero-order valence-corrected chi connectivity index (χ0v) is 10.6. The monoisotopic (exact) mass is 265 g/mol. The number of nitrogens with one attached hydrogen (secondary N) is 1. The Morgan fingerprint density at radius 1 is 1.50 bits per heavy atom. The Bertz CT molecular complexity index is 506. The molecule has 1 aromatic heterocycles. The highest BCUT2D eigenvalue weighted by molar-refractivity contribution is 7.92. The number of thiophene rings is 1. The number of rotatable bonds is 4. The largest absolute Gasteiger partial charge is 0.364 e. The molecule has 0 bridgehead atoms. The van der Waals surface area contributed by atoms with Crippen molar-refractivity contribution in [2.75, 3.05) is 30.0 Å². The Morgan fingerprint density at radius 2 is 2.06 bits per heavy atom. The predicted molar refractivity (Wildman–Crippen MR) is 63.8 cm³/mol. The van der Waals surface area contributed by atoms with Crippen molar-refractivity contribution >= 4 is 37.0 Å². The van der Waals surface area contributed by atoms with Crippen molar-refractivity contribution in [1.29, 1.82) is 0 Å². The molecule has 0 unspecified atom stereocenters. The normalized spacial score (nSPS) is 11.2. The lowest BCUT2D eigenvalue weighted by Gasteiger charge is -2.07. The van der Waals surface area contributed by atoms with Crippen LogP contribution in [0.4, 0.5) is 15.7 Å². The minimum absolute atomic E-state index is 0.110. The summed E-state index contributed by atoms with van der Waals surface area (Å²) in [5, 5.41) is 11.3. The van der Waals surface area contributed by atoms with E-state index in [1.165, 1.54) is 6.07 Å². The minimum atomic E-state index is -3.41. The molecule has 9 heteroatoms. The number of nitro groups is 1. The van der Waals surface area contributed by atoms with E-state index in [1.807, 2.05) is 0 Å². The Balaban J connectivity index is 3.17. The van der Waals surface area contributed by atoms with Crippen molar-refractivity contribution in [3.8, 4) is 0 Å². The first-order chi connectivity index (χ1) is 7.20. The predicted octanol–water partition coefficient (Wildman–Crippen LogP) is 1.09. The average Bonchev–Trinajstić information content (AvgIpc) is 2.44. The van der Waals surface area contributed by atoms with Crippen LogP contribution in [0.25, 0.3) is 0 Å². The molecule has 1 rings (SSSR count). The van der Waals surface area contributed by atoms with E-state index in [9.17, 15) is 18.5 Å². The van der Waals surface area contributed by atoms with Gasteiger partial charge in [-0.25, -0.2) is 8.42 Å². The lowest BCUT2D eigenvalue weighted by atomic mass is 10.5. The van der Waals surface area contributed by atoms with Crippen LogP contribution >= 0.6 is 11.3 Å². The second-order valence-corrected chi connectivity index (χ2v) is 6.11. The maximum atomic E-state index is 11.0. The van der Waals surface area contributed by atoms with E-state index >= 15 is 0 Å². The summed E-state index contributed by atoms with van der Waals surface area (Å²) in [6, 6.07) is 1.21. The molecule has 1 heterocycles. The smallest absolute Gasteiger partial charge is 0.305 e. The van der Waals surface area contributed by atoms with Crippen LogP contribution in [0.3, 0.4) is 0 Å². The van der Waals surface area contributed by atoms with Gasteiger partial charge in [0.15, 0.2) is 5.00 Å². The highest BCUT2D eigenvalue weighted by Gasteiger charge is 2.21. The molecule has 90 valence electrons. The Kier molecular flexibility index (Phi) is 3.38. The van der Waals surface area contributed by atoms with Crippen LogP contribution < -0.4 is 9.62 Å². The molecule has 7 nitrogen and oxygen atoms in total. The molecular weight excluding hydrogens is 254 g/mol. The van der Waals surface area contributed by atoms with Crippen LogP contribution in [0.5, 0.6) is 0 Å². The van der Waals surface area contributed by atoms with Gasteiger partial charge in [0.1, 0.15) is 5.00 Å². The van der Waals surface area contributed by atoms with Gasteiger partial charge < -0.3 is 4.90 Å². The summed E-state index contributed by atoms with van der Waals surface area (Å²) >= 11 is 1.02. The molecule has 0 aromatic carbocycles. The highest BCUT2D eigenvalue weighted by Crippen LogP contribution is 2.39.